The third-order valence-corrected chi connectivity index (χ3v) is 7.30. The van der Waals surface area contributed by atoms with Gasteiger partial charge in [-0.2, -0.15) is 0 Å². The van der Waals surface area contributed by atoms with Gasteiger partial charge in [-0.05, 0) is 62.6 Å². The molecule has 0 spiro atoms. The fourth-order valence-electron chi connectivity index (χ4n) is 5.69. The van der Waals surface area contributed by atoms with Crippen LogP contribution in [0.25, 0.3) is 0 Å². The van der Waals surface area contributed by atoms with Crippen molar-refractivity contribution in [1.82, 2.24) is 0 Å². The smallest absolute Gasteiger partial charge is 0.279 e. The number of quaternary nitrogens is 1. The highest BCUT2D eigenvalue weighted by Gasteiger charge is 2.51. The highest BCUT2D eigenvalue weighted by Crippen LogP contribution is 2.44. The van der Waals surface area contributed by atoms with E-state index in [-0.39, 0.29) is 17.9 Å². The number of carbonyl (C=O) groups is 1. The Balaban J connectivity index is 1.57. The van der Waals surface area contributed by atoms with Gasteiger partial charge in [0.1, 0.15) is 11.8 Å². The Hall–Kier alpha value is -2.37. The minimum atomic E-state index is -0.615. The maximum atomic E-state index is 13.0. The molecule has 0 aromatic heterocycles. The van der Waals surface area contributed by atoms with E-state index in [1.54, 1.807) is 7.11 Å². The van der Waals surface area contributed by atoms with E-state index in [2.05, 4.69) is 30.4 Å². The normalized spacial score (nSPS) is 27.9. The van der Waals surface area contributed by atoms with Gasteiger partial charge >= 0.3 is 0 Å². The number of amides is 1. The number of aliphatic hydroxyl groups is 1. The van der Waals surface area contributed by atoms with Gasteiger partial charge in [-0.3, -0.25) is 4.79 Å². The molecule has 2 aliphatic rings. The van der Waals surface area contributed by atoms with Crippen molar-refractivity contribution in [2.75, 3.05) is 25.5 Å². The van der Waals surface area contributed by atoms with Gasteiger partial charge in [-0.1, -0.05) is 30.5 Å². The van der Waals surface area contributed by atoms with Crippen LogP contribution in [-0.4, -0.2) is 36.8 Å². The third kappa shape index (κ3) is 4.63. The van der Waals surface area contributed by atoms with Crippen LogP contribution >= 0.6 is 0 Å². The molecule has 0 bridgehead atoms. The minimum absolute atomic E-state index is 0.0294. The predicted octanol–water partition coefficient (Wildman–Crippen LogP) is 3.20. The summed E-state index contributed by atoms with van der Waals surface area (Å²) < 4.78 is 5.34. The second kappa shape index (κ2) is 9.01. The number of piperidine rings is 1. The van der Waals surface area contributed by atoms with Crippen molar-refractivity contribution in [2.45, 2.75) is 57.6 Å². The number of benzene rings is 2. The van der Waals surface area contributed by atoms with Crippen molar-refractivity contribution < 1.29 is 19.5 Å². The lowest BCUT2D eigenvalue weighted by Crippen LogP contribution is -3.16. The first kappa shape index (κ1) is 21.8. The number of likely N-dealkylation sites (tertiary alicyclic amines) is 1. The number of rotatable bonds is 5. The zero-order valence-corrected chi connectivity index (χ0v) is 18.9. The summed E-state index contributed by atoms with van der Waals surface area (Å²) in [5, 5.41) is 14.5. The zero-order chi connectivity index (χ0) is 22.0. The Morgan fingerprint density at radius 1 is 1.16 bits per heavy atom. The summed E-state index contributed by atoms with van der Waals surface area (Å²) in [6.45, 7) is 5.28. The predicted molar refractivity (Wildman–Crippen MR) is 123 cm³/mol. The van der Waals surface area contributed by atoms with E-state index in [1.165, 1.54) is 16.0 Å². The van der Waals surface area contributed by atoms with Crippen molar-refractivity contribution in [3.05, 3.63) is 59.2 Å². The molecule has 166 valence electrons. The Kier molecular flexibility index (Phi) is 6.35. The largest absolute Gasteiger partial charge is 0.497 e. The van der Waals surface area contributed by atoms with Crippen molar-refractivity contribution in [1.29, 1.82) is 0 Å². The number of ether oxygens (including phenoxy) is 1. The number of anilines is 1. The molecule has 1 heterocycles. The Bertz CT molecular complexity index is 927. The van der Waals surface area contributed by atoms with E-state index in [0.29, 0.717) is 6.54 Å². The second-order valence-corrected chi connectivity index (χ2v) is 9.41. The molecular weight excluding hydrogens is 388 g/mol. The van der Waals surface area contributed by atoms with Crippen LogP contribution in [0.3, 0.4) is 0 Å². The maximum absolute atomic E-state index is 13.0. The van der Waals surface area contributed by atoms with Gasteiger partial charge in [-0.15, -0.1) is 0 Å². The van der Waals surface area contributed by atoms with Crippen LogP contribution in [-0.2, 0) is 4.79 Å². The topological polar surface area (TPSA) is 63.0 Å². The first-order valence-corrected chi connectivity index (χ1v) is 11.5. The van der Waals surface area contributed by atoms with Crippen LogP contribution in [0.2, 0.25) is 0 Å². The second-order valence-electron chi connectivity index (χ2n) is 9.41. The summed E-state index contributed by atoms with van der Waals surface area (Å²) in [6.07, 6.45) is 4.87. The number of hydrogen-bond acceptors (Lipinski definition) is 3. The molecule has 0 radical (unpaired) electrons. The van der Waals surface area contributed by atoms with Crippen LogP contribution in [0.4, 0.5) is 5.69 Å². The van der Waals surface area contributed by atoms with Crippen molar-refractivity contribution >= 4 is 11.6 Å². The van der Waals surface area contributed by atoms with E-state index in [0.717, 1.165) is 55.6 Å². The fourth-order valence-corrected chi connectivity index (χ4v) is 5.69. The molecule has 3 N–H and O–H groups in total. The molecule has 1 aliphatic carbocycles. The van der Waals surface area contributed by atoms with E-state index < -0.39 is 5.60 Å². The Morgan fingerprint density at radius 3 is 2.65 bits per heavy atom. The van der Waals surface area contributed by atoms with Crippen molar-refractivity contribution in [2.24, 2.45) is 5.92 Å². The van der Waals surface area contributed by atoms with Crippen LogP contribution < -0.4 is 15.0 Å². The number of aryl methyl sites for hydroxylation is 2. The van der Waals surface area contributed by atoms with Crippen molar-refractivity contribution in [3.8, 4) is 5.75 Å². The molecule has 2 fully saturated rings. The molecule has 1 unspecified atom stereocenters. The lowest BCUT2D eigenvalue weighted by molar-refractivity contribution is -0.937. The molecule has 2 aromatic carbocycles. The SMILES string of the molecule is COc1ccc([C@H]2[C@H]3CCCC[C@@]3(O)CC[NH+]2CC(=O)Nc2ccc(C)cc2C)cc1. The van der Waals surface area contributed by atoms with Gasteiger partial charge < -0.3 is 20.1 Å². The number of fused-ring (bicyclic) bond motifs is 1. The summed E-state index contributed by atoms with van der Waals surface area (Å²) in [4.78, 5) is 14.3. The van der Waals surface area contributed by atoms with E-state index in [4.69, 9.17) is 4.74 Å². The summed E-state index contributed by atoms with van der Waals surface area (Å²) >= 11 is 0. The number of methoxy groups -OCH3 is 1. The summed E-state index contributed by atoms with van der Waals surface area (Å²) in [5.74, 6) is 1.03. The average Bonchev–Trinajstić information content (AvgIpc) is 2.76. The molecule has 1 saturated carbocycles. The quantitative estimate of drug-likeness (QED) is 0.692. The van der Waals surface area contributed by atoms with Crippen LogP contribution in [0.15, 0.2) is 42.5 Å². The number of carbonyl (C=O) groups excluding carboxylic acids is 1. The van der Waals surface area contributed by atoms with Crippen LogP contribution in [0.1, 0.15) is 54.8 Å². The molecule has 2 aromatic rings. The zero-order valence-electron chi connectivity index (χ0n) is 18.9. The molecule has 4 atom stereocenters. The van der Waals surface area contributed by atoms with Gasteiger partial charge in [0.15, 0.2) is 6.54 Å². The first-order valence-electron chi connectivity index (χ1n) is 11.5. The molecule has 4 rings (SSSR count). The fraction of sp³-hybridized carbons (Fsp3) is 0.500. The maximum Gasteiger partial charge on any atom is 0.279 e. The number of hydrogen-bond donors (Lipinski definition) is 3. The standard InChI is InChI=1S/C26H34N2O3/c1-18-7-12-23(19(2)16-18)27-24(29)17-28-15-14-26(30)13-5-4-6-22(26)25(28)20-8-10-21(31-3)11-9-20/h7-12,16,22,25,30H,4-6,13-15,17H2,1-3H3,(H,27,29)/p+1/t22-,25+,26-/m1/s1. The van der Waals surface area contributed by atoms with Gasteiger partial charge in [0.25, 0.3) is 5.91 Å². The van der Waals surface area contributed by atoms with E-state index in [9.17, 15) is 9.90 Å². The highest BCUT2D eigenvalue weighted by atomic mass is 16.5. The third-order valence-electron chi connectivity index (χ3n) is 7.30. The average molecular weight is 424 g/mol. The van der Waals surface area contributed by atoms with Crippen molar-refractivity contribution in [3.63, 3.8) is 0 Å². The number of nitrogens with one attached hydrogen (secondary N) is 2. The minimum Gasteiger partial charge on any atom is -0.497 e. The monoisotopic (exact) mass is 423 g/mol. The van der Waals surface area contributed by atoms with Gasteiger partial charge in [-0.25, -0.2) is 0 Å². The van der Waals surface area contributed by atoms with E-state index in [1.807, 2.05) is 31.2 Å². The van der Waals surface area contributed by atoms with Crippen LogP contribution in [0.5, 0.6) is 5.75 Å². The molecule has 5 heteroatoms. The van der Waals surface area contributed by atoms with Gasteiger partial charge in [0, 0.05) is 23.6 Å². The highest BCUT2D eigenvalue weighted by molar-refractivity contribution is 5.92. The van der Waals surface area contributed by atoms with E-state index >= 15 is 0 Å². The van der Waals surface area contributed by atoms with Gasteiger partial charge in [0.2, 0.25) is 0 Å². The molecule has 1 saturated heterocycles. The molecule has 1 aliphatic heterocycles. The lowest BCUT2D eigenvalue weighted by Gasteiger charge is -2.50. The Labute approximate surface area is 185 Å². The Morgan fingerprint density at radius 2 is 1.94 bits per heavy atom. The first-order chi connectivity index (χ1) is 14.9. The molecule has 1 amide bonds. The van der Waals surface area contributed by atoms with Crippen LogP contribution in [0, 0.1) is 19.8 Å². The molecule has 5 nitrogen and oxygen atoms in total. The summed E-state index contributed by atoms with van der Waals surface area (Å²) in [6, 6.07) is 14.4. The molecular formula is C26H35N2O3+. The van der Waals surface area contributed by atoms with Gasteiger partial charge in [0.05, 0.1) is 19.3 Å². The lowest BCUT2D eigenvalue weighted by atomic mass is 9.66. The molecule has 31 heavy (non-hydrogen) atoms. The summed E-state index contributed by atoms with van der Waals surface area (Å²) in [5.41, 5.74) is 3.71. The summed E-state index contributed by atoms with van der Waals surface area (Å²) in [7, 11) is 1.67.